The summed E-state index contributed by atoms with van der Waals surface area (Å²) in [5.74, 6) is -0.326. The van der Waals surface area contributed by atoms with E-state index in [1.54, 1.807) is 12.1 Å². The van der Waals surface area contributed by atoms with Crippen molar-refractivity contribution in [2.75, 3.05) is 46.7 Å². The molecule has 2 rings (SSSR count). The normalized spacial score (nSPS) is 11.6. The smallest absolute Gasteiger partial charge is 0.242 e. The highest BCUT2D eigenvalue weighted by atomic mass is 32.2. The van der Waals surface area contributed by atoms with Crippen LogP contribution in [0.25, 0.3) is 0 Å². The minimum atomic E-state index is -3.67. The number of halogens is 1. The Kier molecular flexibility index (Phi) is 8.37. The number of rotatable bonds is 10. The molecule has 2 aromatic rings. The molecule has 0 aliphatic carbocycles. The van der Waals surface area contributed by atoms with E-state index in [9.17, 15) is 17.6 Å². The maximum absolute atomic E-state index is 13.9. The number of sulfonamides is 1. The first kappa shape index (κ1) is 24.6. The highest BCUT2D eigenvalue weighted by Gasteiger charge is 2.20. The topological polar surface area (TPSA) is 88.2 Å². The van der Waals surface area contributed by atoms with Gasteiger partial charge in [0.2, 0.25) is 15.9 Å². The predicted molar refractivity (Wildman–Crippen MR) is 116 cm³/mol. The number of likely N-dealkylation sites (N-methyl/N-ethyl adjacent to an activating group) is 1. The van der Waals surface area contributed by atoms with E-state index in [0.29, 0.717) is 24.4 Å². The molecule has 0 radical (unpaired) electrons. The molecule has 31 heavy (non-hydrogen) atoms. The molecule has 8 nitrogen and oxygen atoms in total. The van der Waals surface area contributed by atoms with Crippen LogP contribution in [0.5, 0.6) is 11.5 Å². The molecule has 0 aliphatic heterocycles. The second-order valence-electron chi connectivity index (χ2n) is 6.97. The number of amides is 1. The summed E-state index contributed by atoms with van der Waals surface area (Å²) in [4.78, 5) is 14.5. The van der Waals surface area contributed by atoms with Crippen molar-refractivity contribution in [2.24, 2.45) is 0 Å². The molecular weight excluding hydrogens is 425 g/mol. The molecule has 0 saturated heterocycles. The molecule has 170 valence electrons. The third-order valence-corrected chi connectivity index (χ3v) is 6.47. The Morgan fingerprint density at radius 2 is 1.71 bits per heavy atom. The number of carbonyl (C=O) groups excluding carboxylic acids is 1. The van der Waals surface area contributed by atoms with Gasteiger partial charge in [-0.2, -0.15) is 0 Å². The Balaban J connectivity index is 2.15. The van der Waals surface area contributed by atoms with Crippen LogP contribution < -0.4 is 14.8 Å². The van der Waals surface area contributed by atoms with E-state index >= 15 is 0 Å². The Morgan fingerprint density at radius 1 is 1.06 bits per heavy atom. The molecule has 0 fully saturated rings. The van der Waals surface area contributed by atoms with Gasteiger partial charge in [-0.15, -0.1) is 0 Å². The summed E-state index contributed by atoms with van der Waals surface area (Å²) in [7, 11) is 2.02. The molecule has 10 heteroatoms. The zero-order valence-corrected chi connectivity index (χ0v) is 19.1. The standard InChI is InChI=1S/C21H28FN3O5S/c1-6-25(13-15-7-9-19(29-4)17(22)11-15)14-21(26)23-18-12-16(8-10-20(18)30-5)31(27,28)24(2)3/h7-12H,6,13-14H2,1-5H3,(H,23,26). The maximum atomic E-state index is 13.9. The SMILES string of the molecule is CCN(CC(=O)Nc1cc(S(=O)(=O)N(C)C)ccc1OC)Cc1ccc(OC)c(F)c1. The van der Waals surface area contributed by atoms with Gasteiger partial charge in [-0.25, -0.2) is 17.1 Å². The highest BCUT2D eigenvalue weighted by molar-refractivity contribution is 7.89. The summed E-state index contributed by atoms with van der Waals surface area (Å²) in [6, 6.07) is 8.92. The van der Waals surface area contributed by atoms with Gasteiger partial charge in [0, 0.05) is 20.6 Å². The third kappa shape index (κ3) is 6.16. The van der Waals surface area contributed by atoms with E-state index in [1.807, 2.05) is 11.8 Å². The van der Waals surface area contributed by atoms with Crippen molar-refractivity contribution in [1.82, 2.24) is 9.21 Å². The average molecular weight is 454 g/mol. The summed E-state index contributed by atoms with van der Waals surface area (Å²) in [5.41, 5.74) is 0.951. The summed E-state index contributed by atoms with van der Waals surface area (Å²) in [6.45, 7) is 2.82. The first-order chi connectivity index (χ1) is 14.6. The van der Waals surface area contributed by atoms with E-state index in [2.05, 4.69) is 5.32 Å². The number of carbonyl (C=O) groups is 1. The van der Waals surface area contributed by atoms with Gasteiger partial charge in [0.15, 0.2) is 11.6 Å². The van der Waals surface area contributed by atoms with E-state index < -0.39 is 15.8 Å². The summed E-state index contributed by atoms with van der Waals surface area (Å²) in [5, 5.41) is 2.71. The van der Waals surface area contributed by atoms with Gasteiger partial charge >= 0.3 is 0 Å². The number of ether oxygens (including phenoxy) is 2. The molecule has 2 aromatic carbocycles. The number of nitrogens with zero attached hydrogens (tertiary/aromatic N) is 2. The molecule has 0 aliphatic rings. The van der Waals surface area contributed by atoms with Gasteiger partial charge < -0.3 is 14.8 Å². The lowest BCUT2D eigenvalue weighted by atomic mass is 10.2. The second-order valence-corrected chi connectivity index (χ2v) is 9.12. The largest absolute Gasteiger partial charge is 0.495 e. The van der Waals surface area contributed by atoms with Crippen molar-refractivity contribution in [3.63, 3.8) is 0 Å². The summed E-state index contributed by atoms with van der Waals surface area (Å²) >= 11 is 0. The van der Waals surface area contributed by atoms with Crippen LogP contribution in [0.1, 0.15) is 12.5 Å². The lowest BCUT2D eigenvalue weighted by Gasteiger charge is -2.21. The number of hydrogen-bond donors (Lipinski definition) is 1. The average Bonchev–Trinajstić information content (AvgIpc) is 2.73. The molecule has 0 bridgehead atoms. The molecule has 0 heterocycles. The van der Waals surface area contributed by atoms with Crippen LogP contribution in [0.2, 0.25) is 0 Å². The molecule has 0 unspecified atom stereocenters. The zero-order valence-electron chi connectivity index (χ0n) is 18.3. The van der Waals surface area contributed by atoms with Crippen LogP contribution in [-0.4, -0.2) is 64.9 Å². The van der Waals surface area contributed by atoms with Gasteiger partial charge in [-0.1, -0.05) is 13.0 Å². The van der Waals surface area contributed by atoms with Crippen LogP contribution in [0, 0.1) is 5.82 Å². The fourth-order valence-corrected chi connectivity index (χ4v) is 3.82. The van der Waals surface area contributed by atoms with Crippen molar-refractivity contribution in [3.05, 3.63) is 47.8 Å². The number of hydrogen-bond acceptors (Lipinski definition) is 6. The monoisotopic (exact) mass is 453 g/mol. The maximum Gasteiger partial charge on any atom is 0.242 e. The highest BCUT2D eigenvalue weighted by Crippen LogP contribution is 2.28. The van der Waals surface area contributed by atoms with Crippen molar-refractivity contribution in [1.29, 1.82) is 0 Å². The molecule has 0 atom stereocenters. The van der Waals surface area contributed by atoms with Crippen LogP contribution in [0.4, 0.5) is 10.1 Å². The quantitative estimate of drug-likeness (QED) is 0.595. The van der Waals surface area contributed by atoms with Crippen molar-refractivity contribution in [2.45, 2.75) is 18.4 Å². The van der Waals surface area contributed by atoms with Gasteiger partial charge in [-0.05, 0) is 42.4 Å². The molecule has 1 amide bonds. The predicted octanol–water partition coefficient (Wildman–Crippen LogP) is 2.55. The fraction of sp³-hybridized carbons (Fsp3) is 0.381. The zero-order chi connectivity index (χ0) is 23.2. The van der Waals surface area contributed by atoms with Crippen molar-refractivity contribution in [3.8, 4) is 11.5 Å². The van der Waals surface area contributed by atoms with Crippen molar-refractivity contribution < 1.29 is 27.1 Å². The van der Waals surface area contributed by atoms with E-state index in [-0.39, 0.29) is 28.8 Å². The lowest BCUT2D eigenvalue weighted by molar-refractivity contribution is -0.117. The molecule has 1 N–H and O–H groups in total. The number of methoxy groups -OCH3 is 2. The third-order valence-electron chi connectivity index (χ3n) is 4.66. The number of benzene rings is 2. The fourth-order valence-electron chi connectivity index (χ4n) is 2.89. The Labute approximate surface area is 182 Å². The molecule has 0 aromatic heterocycles. The van der Waals surface area contributed by atoms with Gasteiger partial charge in [-0.3, -0.25) is 9.69 Å². The molecular formula is C21H28FN3O5S. The summed E-state index contributed by atoms with van der Waals surface area (Å²) in [6.07, 6.45) is 0. The minimum absolute atomic E-state index is 0.0258. The first-order valence-electron chi connectivity index (χ1n) is 9.57. The Hall–Kier alpha value is -2.69. The van der Waals surface area contributed by atoms with Gasteiger partial charge in [0.25, 0.3) is 0 Å². The number of anilines is 1. The van der Waals surface area contributed by atoms with E-state index in [0.717, 1.165) is 4.31 Å². The Morgan fingerprint density at radius 3 is 2.26 bits per heavy atom. The molecule has 0 saturated carbocycles. The second kappa shape index (κ2) is 10.6. The summed E-state index contributed by atoms with van der Waals surface area (Å²) < 4.78 is 50.0. The first-order valence-corrected chi connectivity index (χ1v) is 11.0. The van der Waals surface area contributed by atoms with E-state index in [4.69, 9.17) is 9.47 Å². The van der Waals surface area contributed by atoms with Crippen molar-refractivity contribution >= 4 is 21.6 Å². The number of nitrogens with one attached hydrogen (secondary N) is 1. The van der Waals surface area contributed by atoms with Crippen LogP contribution in [0.3, 0.4) is 0 Å². The van der Waals surface area contributed by atoms with Gasteiger partial charge in [0.1, 0.15) is 5.75 Å². The minimum Gasteiger partial charge on any atom is -0.495 e. The van der Waals surface area contributed by atoms with Crippen LogP contribution >= 0.6 is 0 Å². The van der Waals surface area contributed by atoms with E-state index in [1.165, 1.54) is 52.6 Å². The lowest BCUT2D eigenvalue weighted by Crippen LogP contribution is -2.33. The van der Waals surface area contributed by atoms with Crippen LogP contribution in [-0.2, 0) is 21.4 Å². The Bertz CT molecular complexity index is 1030. The van der Waals surface area contributed by atoms with Gasteiger partial charge in [0.05, 0.1) is 31.3 Å². The molecule has 0 spiro atoms. The van der Waals surface area contributed by atoms with Crippen LogP contribution in [0.15, 0.2) is 41.3 Å².